The molecule has 0 atom stereocenters. The average molecular weight is 267 g/mol. The molecular weight excluding hydrogens is 254 g/mol. The fraction of sp³-hybridized carbons (Fsp3) is 0.333. The van der Waals surface area contributed by atoms with Crippen molar-refractivity contribution in [2.24, 2.45) is 7.05 Å². The van der Waals surface area contributed by atoms with Crippen LogP contribution in [0.2, 0.25) is 0 Å². The zero-order valence-corrected chi connectivity index (χ0v) is 10.9. The molecular formula is C12H13NO4S. The van der Waals surface area contributed by atoms with Gasteiger partial charge < -0.3 is 14.4 Å². The Labute approximate surface area is 107 Å². The highest BCUT2D eigenvalue weighted by Crippen LogP contribution is 2.23. The number of fused-ring (bicyclic) bond motifs is 1. The average Bonchev–Trinajstić information content (AvgIpc) is 2.79. The van der Waals surface area contributed by atoms with E-state index in [0.29, 0.717) is 10.3 Å². The van der Waals surface area contributed by atoms with E-state index < -0.39 is 5.97 Å². The van der Waals surface area contributed by atoms with Gasteiger partial charge >= 0.3 is 5.97 Å². The van der Waals surface area contributed by atoms with Crippen LogP contribution in [0.3, 0.4) is 0 Å². The second-order valence-corrected chi connectivity index (χ2v) is 4.91. The van der Waals surface area contributed by atoms with Crippen LogP contribution in [-0.2, 0) is 18.4 Å². The van der Waals surface area contributed by atoms with Crippen molar-refractivity contribution >= 4 is 27.5 Å². The maximum absolute atomic E-state index is 12.1. The molecule has 2 aromatic rings. The minimum Gasteiger partial charge on any atom is -0.462 e. The molecule has 0 spiro atoms. The summed E-state index contributed by atoms with van der Waals surface area (Å²) in [5, 5.41) is 9.53. The summed E-state index contributed by atoms with van der Waals surface area (Å²) in [4.78, 5) is 25.2. The second-order valence-electron chi connectivity index (χ2n) is 3.79. The van der Waals surface area contributed by atoms with Crippen LogP contribution in [0.15, 0.2) is 17.1 Å². The van der Waals surface area contributed by atoms with Crippen molar-refractivity contribution in [2.45, 2.75) is 13.5 Å². The summed E-state index contributed by atoms with van der Waals surface area (Å²) >= 11 is 1.33. The lowest BCUT2D eigenvalue weighted by Crippen LogP contribution is -2.19. The lowest BCUT2D eigenvalue weighted by molar-refractivity contribution is 0.0524. The van der Waals surface area contributed by atoms with E-state index in [9.17, 15) is 9.59 Å². The van der Waals surface area contributed by atoms with Crippen molar-refractivity contribution in [1.29, 1.82) is 0 Å². The summed E-state index contributed by atoms with van der Waals surface area (Å²) in [7, 11) is 1.75. The molecule has 0 radical (unpaired) electrons. The number of ether oxygens (including phenoxy) is 1. The lowest BCUT2D eigenvalue weighted by atomic mass is 10.2. The third kappa shape index (κ3) is 2.04. The van der Waals surface area contributed by atoms with E-state index in [1.165, 1.54) is 17.5 Å². The van der Waals surface area contributed by atoms with E-state index in [1.54, 1.807) is 24.6 Å². The number of hydrogen-bond donors (Lipinski definition) is 1. The number of rotatable bonds is 3. The Kier molecular flexibility index (Phi) is 3.49. The van der Waals surface area contributed by atoms with E-state index in [-0.39, 0.29) is 24.2 Å². The molecule has 0 saturated carbocycles. The van der Waals surface area contributed by atoms with Crippen molar-refractivity contribution in [3.8, 4) is 0 Å². The summed E-state index contributed by atoms with van der Waals surface area (Å²) in [5.74, 6) is -0.614. The Balaban J connectivity index is 2.68. The molecule has 0 aliphatic heterocycles. The summed E-state index contributed by atoms with van der Waals surface area (Å²) in [5.41, 5.74) is -0.327. The summed E-state index contributed by atoms with van der Waals surface area (Å²) in [6, 6.07) is 1.62. The smallest absolute Gasteiger partial charge is 0.343 e. The highest BCUT2D eigenvalue weighted by molar-refractivity contribution is 7.18. The molecule has 0 bridgehead atoms. The van der Waals surface area contributed by atoms with Gasteiger partial charge in [-0.3, -0.25) is 4.79 Å². The zero-order valence-electron chi connectivity index (χ0n) is 10.1. The molecule has 6 heteroatoms. The number of aryl methyl sites for hydroxylation is 1. The summed E-state index contributed by atoms with van der Waals surface area (Å²) < 4.78 is 6.55. The summed E-state index contributed by atoms with van der Waals surface area (Å²) in [6.07, 6.45) is 1.47. The van der Waals surface area contributed by atoms with Gasteiger partial charge in [-0.05, 0) is 13.0 Å². The van der Waals surface area contributed by atoms with Crippen molar-refractivity contribution < 1.29 is 14.6 Å². The third-order valence-corrected chi connectivity index (χ3v) is 3.76. The lowest BCUT2D eigenvalue weighted by Gasteiger charge is -2.05. The van der Waals surface area contributed by atoms with E-state index in [0.717, 1.165) is 4.83 Å². The van der Waals surface area contributed by atoms with Gasteiger partial charge in [-0.25, -0.2) is 4.79 Å². The first-order chi connectivity index (χ1) is 8.58. The van der Waals surface area contributed by atoms with Gasteiger partial charge in [-0.15, -0.1) is 11.3 Å². The van der Waals surface area contributed by atoms with Crippen LogP contribution in [-0.4, -0.2) is 22.2 Å². The monoisotopic (exact) mass is 267 g/mol. The fourth-order valence-electron chi connectivity index (χ4n) is 1.74. The Bertz CT molecular complexity index is 656. The number of aliphatic hydroxyl groups excluding tert-OH is 1. The largest absolute Gasteiger partial charge is 0.462 e. The maximum atomic E-state index is 12.1. The standard InChI is InChI=1S/C12H13NO4S/c1-3-17-12(16)9-5-13(2)11-8(10(9)15)4-7(6-14)18-11/h4-5,14H,3,6H2,1-2H3. The van der Waals surface area contributed by atoms with Gasteiger partial charge in [0.1, 0.15) is 10.4 Å². The number of thiophene rings is 1. The topological polar surface area (TPSA) is 68.5 Å². The molecule has 2 heterocycles. The van der Waals surface area contributed by atoms with E-state index >= 15 is 0 Å². The van der Waals surface area contributed by atoms with Crippen molar-refractivity contribution in [2.75, 3.05) is 6.61 Å². The molecule has 0 aromatic carbocycles. The van der Waals surface area contributed by atoms with Gasteiger partial charge in [0, 0.05) is 18.1 Å². The van der Waals surface area contributed by atoms with Crippen LogP contribution in [0.1, 0.15) is 22.2 Å². The first kappa shape index (κ1) is 12.8. The predicted octanol–water partition coefficient (Wildman–Crippen LogP) is 1.27. The highest BCUT2D eigenvalue weighted by Gasteiger charge is 2.17. The first-order valence-corrected chi connectivity index (χ1v) is 6.30. The van der Waals surface area contributed by atoms with E-state index in [1.807, 2.05) is 0 Å². The molecule has 0 saturated heterocycles. The number of aliphatic hydroxyl groups is 1. The number of pyridine rings is 1. The van der Waals surface area contributed by atoms with Gasteiger partial charge in [-0.1, -0.05) is 0 Å². The molecule has 18 heavy (non-hydrogen) atoms. The molecule has 96 valence electrons. The number of nitrogens with zero attached hydrogens (tertiary/aromatic N) is 1. The molecule has 5 nitrogen and oxygen atoms in total. The Morgan fingerprint density at radius 2 is 2.28 bits per heavy atom. The van der Waals surface area contributed by atoms with E-state index in [4.69, 9.17) is 9.84 Å². The van der Waals surface area contributed by atoms with Gasteiger partial charge in [0.05, 0.1) is 18.6 Å². The van der Waals surface area contributed by atoms with Crippen LogP contribution < -0.4 is 5.43 Å². The van der Waals surface area contributed by atoms with Gasteiger partial charge in [0.15, 0.2) is 0 Å². The van der Waals surface area contributed by atoms with Crippen LogP contribution in [0.25, 0.3) is 10.2 Å². The third-order valence-electron chi connectivity index (χ3n) is 2.55. The van der Waals surface area contributed by atoms with Crippen molar-refractivity contribution in [3.63, 3.8) is 0 Å². The van der Waals surface area contributed by atoms with Gasteiger partial charge in [0.2, 0.25) is 5.43 Å². The molecule has 0 aliphatic rings. The minimum absolute atomic E-state index is 0.0224. The van der Waals surface area contributed by atoms with Crippen LogP contribution >= 0.6 is 11.3 Å². The zero-order chi connectivity index (χ0) is 13.3. The first-order valence-electron chi connectivity index (χ1n) is 5.48. The number of hydrogen-bond acceptors (Lipinski definition) is 5. The van der Waals surface area contributed by atoms with Crippen LogP contribution in [0.5, 0.6) is 0 Å². The predicted molar refractivity (Wildman–Crippen MR) is 68.9 cm³/mol. The Morgan fingerprint density at radius 3 is 2.89 bits per heavy atom. The molecule has 0 fully saturated rings. The maximum Gasteiger partial charge on any atom is 0.343 e. The number of carbonyl (C=O) groups excluding carboxylic acids is 1. The van der Waals surface area contributed by atoms with Gasteiger partial charge in [0.25, 0.3) is 0 Å². The minimum atomic E-state index is -0.614. The Morgan fingerprint density at radius 1 is 1.56 bits per heavy atom. The molecule has 2 aromatic heterocycles. The number of carbonyl (C=O) groups is 1. The van der Waals surface area contributed by atoms with Crippen LogP contribution in [0, 0.1) is 0 Å². The fourth-order valence-corrected chi connectivity index (χ4v) is 2.69. The summed E-state index contributed by atoms with van der Waals surface area (Å²) in [6.45, 7) is 1.80. The molecule has 0 amide bonds. The normalized spacial score (nSPS) is 10.8. The number of esters is 1. The SMILES string of the molecule is CCOC(=O)c1cn(C)c2sc(CO)cc2c1=O. The van der Waals surface area contributed by atoms with Gasteiger partial charge in [-0.2, -0.15) is 0 Å². The number of aromatic nitrogens is 1. The van der Waals surface area contributed by atoms with Crippen LogP contribution in [0.4, 0.5) is 0 Å². The molecule has 0 aliphatic carbocycles. The molecule has 2 rings (SSSR count). The molecule has 0 unspecified atom stereocenters. The van der Waals surface area contributed by atoms with Crippen molar-refractivity contribution in [1.82, 2.24) is 4.57 Å². The Hall–Kier alpha value is -1.66. The van der Waals surface area contributed by atoms with E-state index in [2.05, 4.69) is 0 Å². The second kappa shape index (κ2) is 4.91. The highest BCUT2D eigenvalue weighted by atomic mass is 32.1. The van der Waals surface area contributed by atoms with Crippen molar-refractivity contribution in [3.05, 3.63) is 32.9 Å². The quantitative estimate of drug-likeness (QED) is 0.850. The molecule has 1 N–H and O–H groups in total.